The molecule has 0 rings (SSSR count). The molecule has 0 fully saturated rings. The van der Waals surface area contributed by atoms with Crippen LogP contribution in [0.1, 0.15) is 14.9 Å². The van der Waals surface area contributed by atoms with E-state index in [1.165, 1.54) is 4.92 Å². The van der Waals surface area contributed by atoms with Gasteiger partial charge in [0.25, 0.3) is 0 Å². The molecule has 7 heteroatoms. The van der Waals surface area contributed by atoms with Crippen molar-refractivity contribution in [2.45, 2.75) is 14.9 Å². The SMILES string of the molecule is C.C.CNN(C)NC.[B].[B]N(C)NC. The summed E-state index contributed by atoms with van der Waals surface area (Å²) in [5, 5.41) is 1.75. The average Bonchev–Trinajstić information content (AvgIpc) is 2.04. The Hall–Kier alpha value is -0.0701. The Kier molecular flexibility index (Phi) is 48.1. The Morgan fingerprint density at radius 2 is 1.07 bits per heavy atom. The first-order valence-corrected chi connectivity index (χ1v) is 3.32. The van der Waals surface area contributed by atoms with E-state index in [0.29, 0.717) is 0 Å². The van der Waals surface area contributed by atoms with Crippen LogP contribution < -0.4 is 16.3 Å². The van der Waals surface area contributed by atoms with Crippen LogP contribution in [0.15, 0.2) is 0 Å². The third kappa shape index (κ3) is 40.5. The molecule has 0 atom stereocenters. The fourth-order valence-electron chi connectivity index (χ4n) is 0.112. The monoisotopic (exact) mass is 202 g/mol. The van der Waals surface area contributed by atoms with Gasteiger partial charge >= 0.3 is 0 Å². The van der Waals surface area contributed by atoms with E-state index in [1.54, 1.807) is 19.2 Å². The van der Waals surface area contributed by atoms with E-state index in [0.717, 1.165) is 0 Å². The highest BCUT2D eigenvalue weighted by molar-refractivity contribution is 6.03. The van der Waals surface area contributed by atoms with Crippen molar-refractivity contribution in [3.63, 3.8) is 0 Å². The summed E-state index contributed by atoms with van der Waals surface area (Å²) < 4.78 is 0. The van der Waals surface area contributed by atoms with Crippen molar-refractivity contribution in [2.24, 2.45) is 0 Å². The standard InChI is InChI=1S/C3H11N3.C2H7BN2.2CH4.B/c1-4-6(3)5-2;1-4-5(2)3;;;/h4-5H,1-3H3;4H,1-2H3;2*1H4;. The Bertz CT molecular complexity index is 71.1. The van der Waals surface area contributed by atoms with Crippen LogP contribution in [-0.2, 0) is 0 Å². The second-order valence-electron chi connectivity index (χ2n) is 1.84. The minimum atomic E-state index is 0. The van der Waals surface area contributed by atoms with Gasteiger partial charge in [-0.15, -0.1) is 0 Å². The van der Waals surface area contributed by atoms with Gasteiger partial charge in [-0.05, 0) is 14.1 Å². The molecule has 0 spiro atoms. The van der Waals surface area contributed by atoms with Crippen molar-refractivity contribution in [3.8, 4) is 0 Å². The van der Waals surface area contributed by atoms with Crippen molar-refractivity contribution < 1.29 is 0 Å². The molecule has 0 heterocycles. The summed E-state index contributed by atoms with van der Waals surface area (Å²) >= 11 is 0. The summed E-state index contributed by atoms with van der Waals surface area (Å²) in [6.07, 6.45) is 0. The van der Waals surface area contributed by atoms with Gasteiger partial charge < -0.3 is 4.92 Å². The van der Waals surface area contributed by atoms with Crippen LogP contribution in [0, 0.1) is 0 Å². The smallest absolute Gasteiger partial charge is 0.206 e. The fourth-order valence-corrected chi connectivity index (χ4v) is 0.112. The third-order valence-corrected chi connectivity index (χ3v) is 1.02. The molecule has 0 aliphatic rings. The first kappa shape index (κ1) is 29.2. The Morgan fingerprint density at radius 3 is 1.07 bits per heavy atom. The van der Waals surface area contributed by atoms with Crippen LogP contribution in [-0.4, -0.2) is 61.7 Å². The molecule has 0 saturated heterocycles. The van der Waals surface area contributed by atoms with E-state index in [1.807, 2.05) is 21.1 Å². The third-order valence-electron chi connectivity index (χ3n) is 1.02. The highest BCUT2D eigenvalue weighted by atomic mass is 15.7. The highest BCUT2D eigenvalue weighted by Crippen LogP contribution is 1.50. The molecular weight excluding hydrogens is 176 g/mol. The van der Waals surface area contributed by atoms with Crippen molar-refractivity contribution >= 4 is 16.4 Å². The lowest BCUT2D eigenvalue weighted by Crippen LogP contribution is -2.40. The number of hydrogen-bond donors (Lipinski definition) is 3. The lowest BCUT2D eigenvalue weighted by molar-refractivity contribution is 0.192. The van der Waals surface area contributed by atoms with Crippen molar-refractivity contribution in [3.05, 3.63) is 0 Å². The van der Waals surface area contributed by atoms with Gasteiger partial charge in [-0.25, -0.2) is 10.9 Å². The Morgan fingerprint density at radius 1 is 0.857 bits per heavy atom. The summed E-state index contributed by atoms with van der Waals surface area (Å²) in [5.74, 6) is 0. The minimum Gasteiger partial charge on any atom is -0.301 e. The summed E-state index contributed by atoms with van der Waals surface area (Å²) in [4.78, 5) is 1.38. The molecule has 5 radical (unpaired) electrons. The minimum absolute atomic E-state index is 0. The maximum Gasteiger partial charge on any atom is 0.206 e. The normalized spacial score (nSPS) is 7.64. The van der Waals surface area contributed by atoms with E-state index in [-0.39, 0.29) is 23.3 Å². The van der Waals surface area contributed by atoms with E-state index in [4.69, 9.17) is 7.98 Å². The Balaban J connectivity index is -0.0000000321. The maximum atomic E-state index is 5.01. The van der Waals surface area contributed by atoms with Gasteiger partial charge in [0, 0.05) is 29.6 Å². The zero-order chi connectivity index (χ0) is 9.28. The molecule has 0 aromatic heterocycles. The molecule has 0 aromatic rings. The molecular formula is C7H26B2N5. The van der Waals surface area contributed by atoms with E-state index in [9.17, 15) is 0 Å². The molecule has 0 amide bonds. The molecule has 0 unspecified atom stereocenters. The van der Waals surface area contributed by atoms with Gasteiger partial charge in [0.05, 0.1) is 0 Å². The molecule has 5 nitrogen and oxygen atoms in total. The molecule has 3 N–H and O–H groups in total. The van der Waals surface area contributed by atoms with Gasteiger partial charge in [0.15, 0.2) is 0 Å². The summed E-state index contributed by atoms with van der Waals surface area (Å²) in [5.41, 5.74) is 8.31. The molecule has 14 heavy (non-hydrogen) atoms. The number of nitrogens with zero attached hydrogens (tertiary/aromatic N) is 2. The Labute approximate surface area is 93.5 Å². The first-order chi connectivity index (χ1) is 5.08. The number of nitrogens with one attached hydrogen (secondary N) is 3. The van der Waals surface area contributed by atoms with E-state index >= 15 is 0 Å². The molecule has 0 aliphatic heterocycles. The molecule has 0 aromatic carbocycles. The molecule has 85 valence electrons. The van der Waals surface area contributed by atoms with E-state index in [2.05, 4.69) is 16.3 Å². The van der Waals surface area contributed by atoms with Crippen LogP contribution in [0.3, 0.4) is 0 Å². The second kappa shape index (κ2) is 23.1. The van der Waals surface area contributed by atoms with Crippen LogP contribution in [0.5, 0.6) is 0 Å². The van der Waals surface area contributed by atoms with E-state index < -0.39 is 0 Å². The van der Waals surface area contributed by atoms with Crippen LogP contribution in [0.2, 0.25) is 0 Å². The predicted molar refractivity (Wildman–Crippen MR) is 67.7 cm³/mol. The van der Waals surface area contributed by atoms with Crippen molar-refractivity contribution in [1.29, 1.82) is 0 Å². The largest absolute Gasteiger partial charge is 0.301 e. The zero-order valence-corrected chi connectivity index (χ0v) is 8.55. The van der Waals surface area contributed by atoms with Gasteiger partial charge in [0.2, 0.25) is 7.98 Å². The quantitative estimate of drug-likeness (QED) is 0.413. The fraction of sp³-hybridized carbons (Fsp3) is 1.00. The summed E-state index contributed by atoms with van der Waals surface area (Å²) in [6.45, 7) is 0. The topological polar surface area (TPSA) is 42.6 Å². The van der Waals surface area contributed by atoms with Gasteiger partial charge in [-0.1, -0.05) is 14.9 Å². The van der Waals surface area contributed by atoms with Crippen molar-refractivity contribution in [2.75, 3.05) is 35.2 Å². The number of hydrazine groups is 3. The van der Waals surface area contributed by atoms with Crippen molar-refractivity contribution in [1.82, 2.24) is 26.3 Å². The van der Waals surface area contributed by atoms with Gasteiger partial charge in [0.1, 0.15) is 0 Å². The molecule has 0 saturated carbocycles. The zero-order valence-electron chi connectivity index (χ0n) is 8.55. The molecule has 0 aliphatic carbocycles. The maximum absolute atomic E-state index is 5.01. The predicted octanol–water partition coefficient (Wildman–Crippen LogP) is -0.785. The lowest BCUT2D eigenvalue weighted by atomic mass is 10.4. The molecule has 0 bridgehead atoms. The van der Waals surface area contributed by atoms with Crippen LogP contribution >= 0.6 is 0 Å². The number of hydrogen-bond acceptors (Lipinski definition) is 5. The van der Waals surface area contributed by atoms with Crippen LogP contribution in [0.25, 0.3) is 0 Å². The second-order valence-corrected chi connectivity index (χ2v) is 1.84. The van der Waals surface area contributed by atoms with Gasteiger partial charge in [-0.3, -0.25) is 5.43 Å². The number of rotatable bonds is 3. The highest BCUT2D eigenvalue weighted by Gasteiger charge is 1.77. The van der Waals surface area contributed by atoms with Gasteiger partial charge in [-0.2, -0.15) is 5.12 Å². The van der Waals surface area contributed by atoms with Crippen LogP contribution in [0.4, 0.5) is 0 Å². The lowest BCUT2D eigenvalue weighted by Gasteiger charge is -2.10. The average molecular weight is 202 g/mol. The first-order valence-electron chi connectivity index (χ1n) is 3.32. The summed E-state index contributed by atoms with van der Waals surface area (Å²) in [6, 6.07) is 0. The summed E-state index contributed by atoms with van der Waals surface area (Å²) in [7, 11) is 14.1.